The first kappa shape index (κ1) is 17.1. The summed E-state index contributed by atoms with van der Waals surface area (Å²) in [5, 5.41) is 5.73. The largest absolute Gasteiger partial charge is 0.454 e. The number of amides is 1. The average Bonchev–Trinajstić information content (AvgIpc) is 3.28. The molecule has 5 aliphatic rings. The summed E-state index contributed by atoms with van der Waals surface area (Å²) in [5.41, 5.74) is 1.48. The summed E-state index contributed by atoms with van der Waals surface area (Å²) in [6, 6.07) is 5.79. The van der Waals surface area contributed by atoms with Gasteiger partial charge in [0.1, 0.15) is 0 Å². The molecule has 4 saturated carbocycles. The lowest BCUT2D eigenvalue weighted by molar-refractivity contribution is -0.138. The monoisotopic (exact) mass is 416 g/mol. The Kier molecular flexibility index (Phi) is 3.58. The van der Waals surface area contributed by atoms with Crippen LogP contribution in [0.1, 0.15) is 38.5 Å². The van der Waals surface area contributed by atoms with Gasteiger partial charge in [0.25, 0.3) is 0 Å². The smallest absolute Gasteiger partial charge is 0.232 e. The van der Waals surface area contributed by atoms with E-state index in [1.807, 2.05) is 23.6 Å². The Balaban J connectivity index is 1.23. The number of anilines is 1. The number of hydrogen-bond acceptors (Lipinski definition) is 5. The van der Waals surface area contributed by atoms with Crippen LogP contribution in [-0.2, 0) is 4.79 Å². The lowest BCUT2D eigenvalue weighted by atomic mass is 9.49. The molecule has 7 heteroatoms. The van der Waals surface area contributed by atoms with Crippen LogP contribution < -0.4 is 14.8 Å². The van der Waals surface area contributed by atoms with Crippen molar-refractivity contribution in [2.75, 3.05) is 12.1 Å². The topological polar surface area (TPSA) is 60.5 Å². The van der Waals surface area contributed by atoms with Gasteiger partial charge in [-0.1, -0.05) is 0 Å². The molecule has 1 amide bonds. The van der Waals surface area contributed by atoms with E-state index in [1.165, 1.54) is 17.8 Å². The molecule has 1 aliphatic heterocycles. The number of alkyl halides is 1. The van der Waals surface area contributed by atoms with Crippen molar-refractivity contribution in [1.82, 2.24) is 4.98 Å². The van der Waals surface area contributed by atoms with Gasteiger partial charge in [-0.25, -0.2) is 4.98 Å². The number of benzene rings is 1. The first-order valence-corrected chi connectivity index (χ1v) is 11.1. The molecule has 2 heterocycles. The molecule has 1 aromatic heterocycles. The molecule has 0 spiro atoms. The van der Waals surface area contributed by atoms with Crippen LogP contribution in [0.15, 0.2) is 23.6 Å². The van der Waals surface area contributed by atoms with Gasteiger partial charge in [-0.2, -0.15) is 0 Å². The molecule has 0 radical (unpaired) electrons. The number of halogens is 1. The van der Waals surface area contributed by atoms with Gasteiger partial charge in [0.2, 0.25) is 12.7 Å². The highest BCUT2D eigenvalue weighted by Crippen LogP contribution is 2.64. The highest BCUT2D eigenvalue weighted by molar-refractivity contribution is 7.14. The summed E-state index contributed by atoms with van der Waals surface area (Å²) in [6.07, 6.45) is 6.15. The summed E-state index contributed by atoms with van der Waals surface area (Å²) in [7, 11) is 0. The molecule has 1 N–H and O–H groups in total. The Morgan fingerprint density at radius 1 is 1.18 bits per heavy atom. The van der Waals surface area contributed by atoms with E-state index in [0.717, 1.165) is 54.9 Å². The Morgan fingerprint density at radius 2 is 1.96 bits per heavy atom. The second-order valence-electron chi connectivity index (χ2n) is 8.95. The average molecular weight is 417 g/mol. The molecule has 146 valence electrons. The van der Waals surface area contributed by atoms with Gasteiger partial charge in [-0.3, -0.25) is 4.79 Å². The van der Waals surface area contributed by atoms with Crippen molar-refractivity contribution in [2.45, 2.75) is 43.4 Å². The zero-order chi connectivity index (χ0) is 18.9. The van der Waals surface area contributed by atoms with Crippen molar-refractivity contribution in [3.63, 3.8) is 0 Å². The molecule has 2 unspecified atom stereocenters. The number of carbonyl (C=O) groups excluding carboxylic acids is 1. The minimum absolute atomic E-state index is 0.109. The summed E-state index contributed by atoms with van der Waals surface area (Å²) in [4.78, 5) is 17.8. The van der Waals surface area contributed by atoms with Crippen molar-refractivity contribution in [3.8, 4) is 22.8 Å². The maximum Gasteiger partial charge on any atom is 0.232 e. The van der Waals surface area contributed by atoms with Crippen LogP contribution in [0.3, 0.4) is 0 Å². The van der Waals surface area contributed by atoms with E-state index in [0.29, 0.717) is 17.0 Å². The van der Waals surface area contributed by atoms with Crippen LogP contribution in [0.4, 0.5) is 5.13 Å². The molecule has 4 aliphatic carbocycles. The van der Waals surface area contributed by atoms with Gasteiger partial charge < -0.3 is 14.8 Å². The second kappa shape index (κ2) is 5.86. The number of fused-ring (bicyclic) bond motifs is 1. The number of aromatic nitrogens is 1. The maximum absolute atomic E-state index is 13.3. The van der Waals surface area contributed by atoms with Crippen LogP contribution in [-0.4, -0.2) is 22.6 Å². The van der Waals surface area contributed by atoms with E-state index in [1.54, 1.807) is 0 Å². The molecule has 28 heavy (non-hydrogen) atoms. The zero-order valence-corrected chi connectivity index (χ0v) is 16.9. The Bertz CT molecular complexity index is 960. The number of nitrogens with zero attached hydrogens (tertiary/aromatic N) is 1. The normalized spacial score (nSPS) is 34.6. The van der Waals surface area contributed by atoms with Crippen LogP contribution in [0.25, 0.3) is 11.3 Å². The van der Waals surface area contributed by atoms with E-state index in [9.17, 15) is 4.79 Å². The highest BCUT2D eigenvalue weighted by atomic mass is 35.5. The van der Waals surface area contributed by atoms with Crippen molar-refractivity contribution < 1.29 is 14.3 Å². The van der Waals surface area contributed by atoms with Crippen LogP contribution in [0.5, 0.6) is 11.5 Å². The molecule has 2 aromatic rings. The van der Waals surface area contributed by atoms with E-state index in [4.69, 9.17) is 21.1 Å². The molecule has 4 bridgehead atoms. The standard InChI is InChI=1S/C21H21ClN2O3S/c22-21-7-12-3-13(8-21)6-20(5-12,10-21)18(25)24-19-23-15(9-28-19)14-1-2-16-17(4-14)27-11-26-16/h1-2,4,9,12-13H,3,5-8,10-11H2,(H,23,24,25)/t12-,13+,20?,21?. The predicted octanol–water partition coefficient (Wildman–Crippen LogP) is 5.06. The quantitative estimate of drug-likeness (QED) is 0.711. The van der Waals surface area contributed by atoms with Gasteiger partial charge >= 0.3 is 0 Å². The van der Waals surface area contributed by atoms with E-state index in [2.05, 4.69) is 10.3 Å². The number of hydrogen-bond donors (Lipinski definition) is 1. The van der Waals surface area contributed by atoms with Gasteiger partial charge in [0, 0.05) is 15.8 Å². The van der Waals surface area contributed by atoms with Crippen molar-refractivity contribution in [2.24, 2.45) is 17.3 Å². The highest BCUT2D eigenvalue weighted by Gasteiger charge is 2.60. The molecule has 1 aromatic carbocycles. The fraction of sp³-hybridized carbons (Fsp3) is 0.524. The molecular formula is C21H21ClN2O3S. The second-order valence-corrected chi connectivity index (χ2v) is 10.6. The predicted molar refractivity (Wildman–Crippen MR) is 108 cm³/mol. The molecule has 7 rings (SSSR count). The van der Waals surface area contributed by atoms with E-state index in [-0.39, 0.29) is 23.0 Å². The maximum atomic E-state index is 13.3. The molecule has 0 saturated heterocycles. The zero-order valence-electron chi connectivity index (χ0n) is 15.4. The van der Waals surface area contributed by atoms with Gasteiger partial charge in [-0.15, -0.1) is 22.9 Å². The van der Waals surface area contributed by atoms with Crippen molar-refractivity contribution in [1.29, 1.82) is 0 Å². The number of thiazole rings is 1. The summed E-state index contributed by atoms with van der Waals surface area (Å²) >= 11 is 8.34. The third-order valence-electron chi connectivity index (χ3n) is 6.86. The van der Waals surface area contributed by atoms with Crippen LogP contribution >= 0.6 is 22.9 Å². The molecule has 4 fully saturated rings. The fourth-order valence-corrected chi connectivity index (χ4v) is 7.57. The van der Waals surface area contributed by atoms with E-state index >= 15 is 0 Å². The summed E-state index contributed by atoms with van der Waals surface area (Å²) < 4.78 is 10.8. The van der Waals surface area contributed by atoms with Gasteiger partial charge in [-0.05, 0) is 68.6 Å². The van der Waals surface area contributed by atoms with Crippen molar-refractivity contribution >= 4 is 34.0 Å². The van der Waals surface area contributed by atoms with Crippen LogP contribution in [0, 0.1) is 17.3 Å². The van der Waals surface area contributed by atoms with Gasteiger partial charge in [0.15, 0.2) is 16.6 Å². The molecular weight excluding hydrogens is 396 g/mol. The number of nitrogens with one attached hydrogen (secondary N) is 1. The number of rotatable bonds is 3. The fourth-order valence-electron chi connectivity index (χ4n) is 6.17. The lowest BCUT2D eigenvalue weighted by Gasteiger charge is -2.59. The van der Waals surface area contributed by atoms with Gasteiger partial charge in [0.05, 0.1) is 11.1 Å². The lowest BCUT2D eigenvalue weighted by Crippen LogP contribution is -2.57. The van der Waals surface area contributed by atoms with Crippen LogP contribution in [0.2, 0.25) is 0 Å². The third-order valence-corrected chi connectivity index (χ3v) is 8.06. The minimum Gasteiger partial charge on any atom is -0.454 e. The Labute approximate surface area is 172 Å². The number of ether oxygens (including phenoxy) is 2. The summed E-state index contributed by atoms with van der Waals surface area (Å²) in [6.45, 7) is 0.253. The van der Waals surface area contributed by atoms with Crippen molar-refractivity contribution in [3.05, 3.63) is 23.6 Å². The Morgan fingerprint density at radius 3 is 2.75 bits per heavy atom. The minimum atomic E-state index is -0.309. The Hall–Kier alpha value is -1.79. The third kappa shape index (κ3) is 2.65. The molecule has 4 atom stereocenters. The first-order valence-electron chi connectivity index (χ1n) is 9.86. The summed E-state index contributed by atoms with van der Waals surface area (Å²) in [5.74, 6) is 2.80. The number of carbonyl (C=O) groups is 1. The van der Waals surface area contributed by atoms with E-state index < -0.39 is 0 Å². The molecule has 5 nitrogen and oxygen atoms in total. The first-order chi connectivity index (χ1) is 13.5. The SMILES string of the molecule is O=C(Nc1nc(-c2ccc3c(c2)OCO3)cs1)C12C[C@@H]3C[C@@H](CC(Cl)(C3)C1)C2.